The van der Waals surface area contributed by atoms with E-state index >= 15 is 0 Å². The van der Waals surface area contributed by atoms with E-state index in [0.717, 1.165) is 21.9 Å². The zero-order chi connectivity index (χ0) is 30.5. The van der Waals surface area contributed by atoms with Crippen molar-refractivity contribution in [2.24, 2.45) is 22.9 Å². The van der Waals surface area contributed by atoms with Gasteiger partial charge in [-0.3, -0.25) is 9.59 Å². The highest BCUT2D eigenvalue weighted by Gasteiger charge is 2.33. The summed E-state index contributed by atoms with van der Waals surface area (Å²) in [5, 5.41) is 22.9. The van der Waals surface area contributed by atoms with Crippen LogP contribution in [0, 0.1) is 17.8 Å². The van der Waals surface area contributed by atoms with Crippen LogP contribution in [-0.2, 0) is 27.5 Å². The Balaban J connectivity index is 1.63. The molecule has 0 radical (unpaired) electrons. The molecule has 0 aromatic heterocycles. The van der Waals surface area contributed by atoms with Crippen LogP contribution in [0.2, 0.25) is 0 Å². The van der Waals surface area contributed by atoms with Crippen molar-refractivity contribution in [3.8, 4) is 0 Å². The zero-order valence-electron chi connectivity index (χ0n) is 24.9. The van der Waals surface area contributed by atoms with Crippen molar-refractivity contribution in [1.82, 2.24) is 10.6 Å². The van der Waals surface area contributed by atoms with Crippen molar-refractivity contribution >= 4 is 22.6 Å². The van der Waals surface area contributed by atoms with Crippen LogP contribution < -0.4 is 10.6 Å². The van der Waals surface area contributed by atoms with Crippen LogP contribution in [0.3, 0.4) is 0 Å². The lowest BCUT2D eigenvalue weighted by atomic mass is 9.86. The molecule has 5 atom stereocenters. The Bertz CT molecular complexity index is 1340. The normalized spacial score (nSPS) is 14.8. The number of hydrogen-bond acceptors (Lipinski definition) is 5. The molecule has 3 aromatic rings. The van der Waals surface area contributed by atoms with Gasteiger partial charge in [0.05, 0.1) is 25.4 Å². The molecule has 0 spiro atoms. The van der Waals surface area contributed by atoms with Crippen LogP contribution in [0.15, 0.2) is 77.9 Å². The molecule has 224 valence electrons. The maximum Gasteiger partial charge on any atom is 0.243 e. The topological polar surface area (TPSA) is 136 Å². The molecular formula is C33H43N5O4. The van der Waals surface area contributed by atoms with Crippen LogP contribution in [0.25, 0.3) is 21.2 Å². The van der Waals surface area contributed by atoms with Gasteiger partial charge >= 0.3 is 0 Å². The fourth-order valence-corrected chi connectivity index (χ4v) is 4.95. The minimum absolute atomic E-state index is 0.00172. The van der Waals surface area contributed by atoms with Gasteiger partial charge in [-0.15, -0.1) is 0 Å². The van der Waals surface area contributed by atoms with Gasteiger partial charge in [-0.25, -0.2) is 0 Å². The van der Waals surface area contributed by atoms with Gasteiger partial charge in [0.15, 0.2) is 0 Å². The van der Waals surface area contributed by atoms with Crippen LogP contribution in [0.5, 0.6) is 0 Å². The second kappa shape index (κ2) is 16.5. The summed E-state index contributed by atoms with van der Waals surface area (Å²) in [6.07, 6.45) is -0.351. The van der Waals surface area contributed by atoms with Gasteiger partial charge in [-0.2, -0.15) is 0 Å². The second-order valence-electron chi connectivity index (χ2n) is 11.2. The van der Waals surface area contributed by atoms with Crippen molar-refractivity contribution in [2.75, 3.05) is 6.61 Å². The predicted octanol–water partition coefficient (Wildman–Crippen LogP) is 5.91. The number of azide groups is 1. The standard InChI is InChI=1S/C33H43N5O4/c1-5-23(4)31(33(41)35-19-24-12-7-6-8-13-24)36-32(40)28(22(2)3)18-30(39)29(37-38-34)21-42-20-26-16-11-15-25-14-9-10-17-27(25)26/h6-17,22-23,28-31,39H,5,18-21H2,1-4H3,(H,35,41)(H,36,40). The SMILES string of the molecule is CCC(C)C(NC(=O)C(CC(O)C(COCc1cccc2ccccc12)N=[N+]=[N-])C(C)C)C(=O)NCc1ccccc1. The molecule has 9 nitrogen and oxygen atoms in total. The highest BCUT2D eigenvalue weighted by atomic mass is 16.5. The van der Waals surface area contributed by atoms with E-state index in [9.17, 15) is 14.7 Å². The minimum Gasteiger partial charge on any atom is -0.393 e. The summed E-state index contributed by atoms with van der Waals surface area (Å²) in [7, 11) is 0. The van der Waals surface area contributed by atoms with Crippen LogP contribution in [-0.4, -0.2) is 41.7 Å². The average molecular weight is 574 g/mol. The van der Waals surface area contributed by atoms with Crippen molar-refractivity contribution in [1.29, 1.82) is 0 Å². The summed E-state index contributed by atoms with van der Waals surface area (Å²) >= 11 is 0. The van der Waals surface area contributed by atoms with E-state index in [1.807, 2.05) is 100 Å². The first kappa shape index (κ1) is 32.6. The van der Waals surface area contributed by atoms with E-state index in [1.54, 1.807) is 0 Å². The molecule has 3 N–H and O–H groups in total. The third-order valence-electron chi connectivity index (χ3n) is 7.81. The number of aliphatic hydroxyl groups excluding tert-OH is 1. The molecule has 3 aromatic carbocycles. The monoisotopic (exact) mass is 573 g/mol. The quantitative estimate of drug-likeness (QED) is 0.112. The highest BCUT2D eigenvalue weighted by Crippen LogP contribution is 2.23. The number of fused-ring (bicyclic) bond motifs is 1. The van der Waals surface area contributed by atoms with Gasteiger partial charge in [-0.1, -0.05) is 112 Å². The smallest absolute Gasteiger partial charge is 0.243 e. The van der Waals surface area contributed by atoms with Crippen molar-refractivity contribution in [3.63, 3.8) is 0 Å². The molecule has 2 amide bonds. The molecule has 42 heavy (non-hydrogen) atoms. The number of nitrogens with zero attached hydrogens (tertiary/aromatic N) is 3. The van der Waals surface area contributed by atoms with Gasteiger partial charge in [-0.05, 0) is 45.7 Å². The molecule has 5 unspecified atom stereocenters. The number of nitrogens with one attached hydrogen (secondary N) is 2. The molecule has 0 saturated carbocycles. The number of amides is 2. The summed E-state index contributed by atoms with van der Waals surface area (Å²) in [6.45, 7) is 8.33. The number of carbonyl (C=O) groups excluding carboxylic acids is 2. The van der Waals surface area contributed by atoms with E-state index in [4.69, 9.17) is 10.3 Å². The van der Waals surface area contributed by atoms with E-state index < -0.39 is 24.1 Å². The summed E-state index contributed by atoms with van der Waals surface area (Å²) < 4.78 is 5.89. The Labute approximate surface area is 248 Å². The average Bonchev–Trinajstić information content (AvgIpc) is 3.00. The molecule has 0 heterocycles. The number of carbonyl (C=O) groups is 2. The molecule has 0 saturated heterocycles. The largest absolute Gasteiger partial charge is 0.393 e. The first-order valence-corrected chi connectivity index (χ1v) is 14.6. The highest BCUT2D eigenvalue weighted by molar-refractivity contribution is 5.89. The van der Waals surface area contributed by atoms with Gasteiger partial charge in [0, 0.05) is 17.4 Å². The lowest BCUT2D eigenvalue weighted by Gasteiger charge is -2.29. The molecule has 0 aliphatic carbocycles. The van der Waals surface area contributed by atoms with E-state index in [-0.39, 0.29) is 43.3 Å². The predicted molar refractivity (Wildman–Crippen MR) is 165 cm³/mol. The fourth-order valence-electron chi connectivity index (χ4n) is 4.95. The van der Waals surface area contributed by atoms with Gasteiger partial charge in [0.25, 0.3) is 0 Å². The third kappa shape index (κ3) is 9.31. The zero-order valence-corrected chi connectivity index (χ0v) is 24.9. The second-order valence-corrected chi connectivity index (χ2v) is 11.2. The lowest BCUT2D eigenvalue weighted by Crippen LogP contribution is -2.52. The van der Waals surface area contributed by atoms with E-state index in [2.05, 4.69) is 20.7 Å². The summed E-state index contributed by atoms with van der Waals surface area (Å²) in [5.41, 5.74) is 11.1. The maximum absolute atomic E-state index is 13.5. The van der Waals surface area contributed by atoms with Crippen molar-refractivity contribution in [2.45, 2.75) is 71.9 Å². The fraction of sp³-hybridized carbons (Fsp3) is 0.455. The van der Waals surface area contributed by atoms with Crippen molar-refractivity contribution < 1.29 is 19.4 Å². The third-order valence-corrected chi connectivity index (χ3v) is 7.81. The number of aliphatic hydroxyl groups is 1. The Kier molecular flexibility index (Phi) is 12.8. The molecule has 3 rings (SSSR count). The summed E-state index contributed by atoms with van der Waals surface area (Å²) in [5.74, 6) is -1.41. The molecule has 0 aliphatic heterocycles. The number of benzene rings is 3. The Morgan fingerprint density at radius 1 is 0.976 bits per heavy atom. The minimum atomic E-state index is -1.11. The summed E-state index contributed by atoms with van der Waals surface area (Å²) in [4.78, 5) is 29.5. The van der Waals surface area contributed by atoms with Crippen molar-refractivity contribution in [3.05, 3.63) is 94.4 Å². The lowest BCUT2D eigenvalue weighted by molar-refractivity contribution is -0.134. The first-order chi connectivity index (χ1) is 20.2. The number of ether oxygens (including phenoxy) is 1. The Morgan fingerprint density at radius 3 is 2.36 bits per heavy atom. The number of rotatable bonds is 16. The maximum atomic E-state index is 13.5. The molecule has 0 fully saturated rings. The first-order valence-electron chi connectivity index (χ1n) is 14.6. The Morgan fingerprint density at radius 2 is 1.67 bits per heavy atom. The van der Waals surface area contributed by atoms with Crippen LogP contribution >= 0.6 is 0 Å². The van der Waals surface area contributed by atoms with Crippen LogP contribution in [0.1, 0.15) is 51.7 Å². The van der Waals surface area contributed by atoms with Gasteiger partial charge in [0.2, 0.25) is 11.8 Å². The molecule has 0 bridgehead atoms. The Hall–Kier alpha value is -3.91. The van der Waals surface area contributed by atoms with E-state index in [1.165, 1.54) is 0 Å². The van der Waals surface area contributed by atoms with Gasteiger partial charge in [0.1, 0.15) is 6.04 Å². The van der Waals surface area contributed by atoms with Gasteiger partial charge < -0.3 is 20.5 Å². The van der Waals surface area contributed by atoms with E-state index in [0.29, 0.717) is 13.0 Å². The number of hydrogen-bond donors (Lipinski definition) is 3. The molecule has 0 aliphatic rings. The summed E-state index contributed by atoms with van der Waals surface area (Å²) in [6, 6.07) is 22.0. The molecule has 9 heteroatoms. The van der Waals surface area contributed by atoms with Crippen LogP contribution in [0.4, 0.5) is 0 Å². The molecular weight excluding hydrogens is 530 g/mol.